The number of amides is 1. The van der Waals surface area contributed by atoms with E-state index in [1.54, 1.807) is 23.4 Å². The number of carbonyl (C=O) groups is 2. The van der Waals surface area contributed by atoms with E-state index in [-0.39, 0.29) is 17.1 Å². The van der Waals surface area contributed by atoms with Crippen molar-refractivity contribution in [1.82, 2.24) is 14.9 Å². The maximum absolute atomic E-state index is 13.0. The molecular weight excluding hydrogens is 344 g/mol. The Balaban J connectivity index is 1.51. The summed E-state index contributed by atoms with van der Waals surface area (Å²) in [5.74, 6) is 1.60. The van der Waals surface area contributed by atoms with Crippen LogP contribution in [0.25, 0.3) is 0 Å². The van der Waals surface area contributed by atoms with Crippen molar-refractivity contribution in [1.29, 1.82) is 0 Å². The van der Waals surface area contributed by atoms with Gasteiger partial charge in [0.25, 0.3) is 5.91 Å². The first-order valence-corrected chi connectivity index (χ1v) is 9.32. The minimum atomic E-state index is -0.138. The van der Waals surface area contributed by atoms with Crippen LogP contribution < -0.4 is 4.90 Å². The quantitative estimate of drug-likeness (QED) is 0.810. The van der Waals surface area contributed by atoms with Gasteiger partial charge in [0.05, 0.1) is 5.56 Å². The van der Waals surface area contributed by atoms with E-state index >= 15 is 0 Å². The Morgan fingerprint density at radius 1 is 1.11 bits per heavy atom. The molecule has 4 rings (SSSR count). The van der Waals surface area contributed by atoms with Gasteiger partial charge in [0.1, 0.15) is 5.76 Å². The van der Waals surface area contributed by atoms with E-state index in [2.05, 4.69) is 28.7 Å². The summed E-state index contributed by atoms with van der Waals surface area (Å²) in [5, 5.41) is 0. The molecule has 2 aromatic rings. The first-order chi connectivity index (χ1) is 12.9. The molecule has 27 heavy (non-hydrogen) atoms. The maximum atomic E-state index is 13.0. The molecule has 1 aliphatic carbocycles. The lowest BCUT2D eigenvalue weighted by Gasteiger charge is -2.34. The van der Waals surface area contributed by atoms with Crippen molar-refractivity contribution in [3.8, 4) is 0 Å². The van der Waals surface area contributed by atoms with Gasteiger partial charge in [-0.2, -0.15) is 0 Å². The zero-order valence-electron chi connectivity index (χ0n) is 16.0. The van der Waals surface area contributed by atoms with Gasteiger partial charge in [-0.1, -0.05) is 13.8 Å². The highest BCUT2D eigenvalue weighted by molar-refractivity contribution is 6.03. The third-order valence-electron chi connectivity index (χ3n) is 5.37. The van der Waals surface area contributed by atoms with Crippen LogP contribution >= 0.6 is 0 Å². The average molecular weight is 368 g/mol. The molecule has 7 heteroatoms. The van der Waals surface area contributed by atoms with Gasteiger partial charge >= 0.3 is 0 Å². The molecule has 0 atom stereocenters. The van der Waals surface area contributed by atoms with Crippen molar-refractivity contribution in [2.75, 3.05) is 31.1 Å². The molecule has 0 saturated carbocycles. The van der Waals surface area contributed by atoms with Crippen molar-refractivity contribution in [3.63, 3.8) is 0 Å². The highest BCUT2D eigenvalue weighted by Crippen LogP contribution is 2.38. The second-order valence-electron chi connectivity index (χ2n) is 8.12. The van der Waals surface area contributed by atoms with Gasteiger partial charge < -0.3 is 14.2 Å². The van der Waals surface area contributed by atoms with Crippen molar-refractivity contribution in [3.05, 3.63) is 41.1 Å². The van der Waals surface area contributed by atoms with E-state index in [1.807, 2.05) is 6.92 Å². The Bertz CT molecular complexity index is 880. The summed E-state index contributed by atoms with van der Waals surface area (Å²) in [6, 6.07) is 1.79. The number of anilines is 1. The standard InChI is InChI=1S/C20H24N4O3/c1-13-16-14(25)11-20(2,3)12-15(16)27-17(13)18(26)23-7-9-24(10-8-23)19-21-5-4-6-22-19/h4-6H,7-12H2,1-3H3. The lowest BCUT2D eigenvalue weighted by molar-refractivity contribution is 0.0708. The summed E-state index contributed by atoms with van der Waals surface area (Å²) in [6.07, 6.45) is 4.61. The predicted molar refractivity (Wildman–Crippen MR) is 100 cm³/mol. The number of Topliss-reactive ketones (excluding diaryl/α,β-unsaturated/α-hetero) is 1. The summed E-state index contributed by atoms with van der Waals surface area (Å²) in [4.78, 5) is 37.9. The van der Waals surface area contributed by atoms with Crippen molar-refractivity contribution in [2.45, 2.75) is 33.6 Å². The van der Waals surface area contributed by atoms with E-state index in [1.165, 1.54) is 0 Å². The first kappa shape index (κ1) is 17.7. The number of hydrogen-bond donors (Lipinski definition) is 0. The minimum absolute atomic E-state index is 0.0765. The number of fused-ring (bicyclic) bond motifs is 1. The number of rotatable bonds is 2. The molecule has 0 aromatic carbocycles. The summed E-state index contributed by atoms with van der Waals surface area (Å²) < 4.78 is 5.92. The zero-order valence-corrected chi connectivity index (χ0v) is 16.0. The van der Waals surface area contributed by atoms with E-state index in [0.717, 1.165) is 0 Å². The van der Waals surface area contributed by atoms with Gasteiger partial charge in [-0.05, 0) is 18.4 Å². The molecule has 1 aliphatic heterocycles. The number of hydrogen-bond acceptors (Lipinski definition) is 6. The third kappa shape index (κ3) is 3.22. The maximum Gasteiger partial charge on any atom is 0.289 e. The molecule has 1 saturated heterocycles. The number of furan rings is 1. The number of ketones is 1. The number of aromatic nitrogens is 2. The summed E-state index contributed by atoms with van der Waals surface area (Å²) in [7, 11) is 0. The monoisotopic (exact) mass is 368 g/mol. The highest BCUT2D eigenvalue weighted by atomic mass is 16.4. The van der Waals surface area contributed by atoms with Crippen LogP contribution in [-0.4, -0.2) is 52.7 Å². The second-order valence-corrected chi connectivity index (χ2v) is 8.12. The Morgan fingerprint density at radius 2 is 1.78 bits per heavy atom. The molecule has 142 valence electrons. The van der Waals surface area contributed by atoms with Gasteiger partial charge in [-0.15, -0.1) is 0 Å². The highest BCUT2D eigenvalue weighted by Gasteiger charge is 2.38. The summed E-state index contributed by atoms with van der Waals surface area (Å²) in [5.41, 5.74) is 1.18. The molecule has 0 unspecified atom stereocenters. The molecule has 3 heterocycles. The van der Waals surface area contributed by atoms with Gasteiger partial charge in [0.15, 0.2) is 11.5 Å². The SMILES string of the molecule is Cc1c(C(=O)N2CCN(c3ncccn3)CC2)oc2c1C(=O)CC(C)(C)C2. The van der Waals surface area contributed by atoms with Crippen LogP contribution in [-0.2, 0) is 6.42 Å². The molecule has 7 nitrogen and oxygen atoms in total. The van der Waals surface area contributed by atoms with Crippen LogP contribution in [0.4, 0.5) is 5.95 Å². The normalized spacial score (nSPS) is 19.1. The van der Waals surface area contributed by atoms with Crippen LogP contribution in [0.1, 0.15) is 52.5 Å². The number of piperazine rings is 1. The fourth-order valence-corrected chi connectivity index (χ4v) is 3.99. The second kappa shape index (κ2) is 6.48. The summed E-state index contributed by atoms with van der Waals surface area (Å²) >= 11 is 0. The van der Waals surface area contributed by atoms with Crippen LogP contribution in [0.2, 0.25) is 0 Å². The molecule has 0 N–H and O–H groups in total. The molecule has 0 bridgehead atoms. The molecule has 2 aromatic heterocycles. The van der Waals surface area contributed by atoms with Crippen LogP contribution in [0, 0.1) is 12.3 Å². The Morgan fingerprint density at radius 3 is 2.44 bits per heavy atom. The van der Waals surface area contributed by atoms with E-state index in [9.17, 15) is 9.59 Å². The van der Waals surface area contributed by atoms with Crippen LogP contribution in [0.15, 0.2) is 22.9 Å². The van der Waals surface area contributed by atoms with Crippen LogP contribution in [0.5, 0.6) is 0 Å². The smallest absolute Gasteiger partial charge is 0.289 e. The average Bonchev–Trinajstić information content (AvgIpc) is 2.97. The molecule has 2 aliphatic rings. The molecular formula is C20H24N4O3. The third-order valence-corrected chi connectivity index (χ3v) is 5.37. The van der Waals surface area contributed by atoms with Crippen molar-refractivity contribution < 1.29 is 14.0 Å². The van der Waals surface area contributed by atoms with Crippen LogP contribution in [0.3, 0.4) is 0 Å². The molecule has 1 fully saturated rings. The molecule has 0 radical (unpaired) electrons. The lowest BCUT2D eigenvalue weighted by atomic mass is 9.76. The molecule has 1 amide bonds. The minimum Gasteiger partial charge on any atom is -0.455 e. The Hall–Kier alpha value is -2.70. The van der Waals surface area contributed by atoms with Gasteiger partial charge in [0.2, 0.25) is 5.95 Å². The van der Waals surface area contributed by atoms with Crippen molar-refractivity contribution in [2.24, 2.45) is 5.41 Å². The number of carbonyl (C=O) groups excluding carboxylic acids is 2. The Kier molecular flexibility index (Phi) is 4.25. The topological polar surface area (TPSA) is 79.5 Å². The van der Waals surface area contributed by atoms with Crippen molar-refractivity contribution >= 4 is 17.6 Å². The number of nitrogens with zero attached hydrogens (tertiary/aromatic N) is 4. The largest absolute Gasteiger partial charge is 0.455 e. The Labute approximate surface area is 158 Å². The first-order valence-electron chi connectivity index (χ1n) is 9.32. The van der Waals surface area contributed by atoms with Gasteiger partial charge in [-0.25, -0.2) is 9.97 Å². The lowest BCUT2D eigenvalue weighted by Crippen LogP contribution is -2.49. The van der Waals surface area contributed by atoms with E-state index in [0.29, 0.717) is 67.6 Å². The fourth-order valence-electron chi connectivity index (χ4n) is 3.99. The zero-order chi connectivity index (χ0) is 19.2. The van der Waals surface area contributed by atoms with Gasteiger partial charge in [0, 0.05) is 57.0 Å². The fraction of sp³-hybridized carbons (Fsp3) is 0.500. The van der Waals surface area contributed by atoms with E-state index in [4.69, 9.17) is 4.42 Å². The summed E-state index contributed by atoms with van der Waals surface area (Å²) in [6.45, 7) is 8.40. The predicted octanol–water partition coefficient (Wildman–Crippen LogP) is 2.50. The molecule has 0 spiro atoms. The van der Waals surface area contributed by atoms with Gasteiger partial charge in [-0.3, -0.25) is 9.59 Å². The van der Waals surface area contributed by atoms with E-state index < -0.39 is 0 Å².